The maximum Gasteiger partial charge on any atom is 0.407 e. The number of aromatic carboxylic acids is 1. The van der Waals surface area contributed by atoms with Gasteiger partial charge in [-0.05, 0) is 76.5 Å². The maximum absolute atomic E-state index is 15.4. The molecule has 0 bridgehead atoms. The summed E-state index contributed by atoms with van der Waals surface area (Å²) < 4.78 is 20.8. The van der Waals surface area contributed by atoms with Crippen LogP contribution in [0.1, 0.15) is 93.1 Å². The number of alkyl carbamates (subject to hydrolysis) is 1. The number of benzene rings is 2. The molecule has 0 aromatic heterocycles. The fraction of sp³-hybridized carbons (Fsp3) is 0.515. The van der Waals surface area contributed by atoms with Crippen LogP contribution in [-0.2, 0) is 14.3 Å². The van der Waals surface area contributed by atoms with Gasteiger partial charge in [0.05, 0.1) is 5.56 Å². The van der Waals surface area contributed by atoms with Crippen molar-refractivity contribution in [3.05, 3.63) is 71.0 Å². The number of carbonyl (C=O) groups excluding carboxylic acids is 3. The van der Waals surface area contributed by atoms with Crippen molar-refractivity contribution in [2.75, 3.05) is 6.54 Å². The molecule has 3 amide bonds. The Morgan fingerprint density at radius 3 is 2.26 bits per heavy atom. The first-order valence-corrected chi connectivity index (χ1v) is 15.0. The lowest BCUT2D eigenvalue weighted by Gasteiger charge is -2.36. The molecule has 2 aromatic rings. The molecule has 4 N–H and O–H groups in total. The predicted molar refractivity (Wildman–Crippen MR) is 159 cm³/mol. The van der Waals surface area contributed by atoms with E-state index in [0.717, 1.165) is 0 Å². The summed E-state index contributed by atoms with van der Waals surface area (Å²) in [6, 6.07) is 11.6. The van der Waals surface area contributed by atoms with Crippen molar-refractivity contribution in [3.8, 4) is 0 Å². The number of hydrogen-bond donors (Lipinski definition) is 3. The van der Waals surface area contributed by atoms with Crippen LogP contribution in [0.5, 0.6) is 0 Å². The molecule has 2 aliphatic rings. The Labute approximate surface area is 252 Å². The van der Waals surface area contributed by atoms with E-state index in [9.17, 15) is 24.3 Å². The molecule has 232 valence electrons. The second-order valence-electron chi connectivity index (χ2n) is 12.7. The van der Waals surface area contributed by atoms with Crippen LogP contribution >= 0.6 is 0 Å². The molecule has 2 fully saturated rings. The van der Waals surface area contributed by atoms with Gasteiger partial charge in [0.25, 0.3) is 0 Å². The van der Waals surface area contributed by atoms with Gasteiger partial charge in [0.1, 0.15) is 17.5 Å². The average Bonchev–Trinajstić information content (AvgIpc) is 3.35. The van der Waals surface area contributed by atoms with Crippen LogP contribution in [0.15, 0.2) is 48.5 Å². The van der Waals surface area contributed by atoms with Crippen molar-refractivity contribution < 1.29 is 33.4 Å². The number of carboxylic acids is 1. The number of nitrogens with zero attached hydrogens (tertiary/aromatic N) is 1. The number of carbonyl (C=O) groups is 4. The van der Waals surface area contributed by atoms with Crippen LogP contribution in [0.3, 0.4) is 0 Å². The fourth-order valence-corrected chi connectivity index (χ4v) is 6.89. The zero-order valence-corrected chi connectivity index (χ0v) is 25.2. The summed E-state index contributed by atoms with van der Waals surface area (Å²) in [6.07, 6.45) is 2.75. The molecule has 43 heavy (non-hydrogen) atoms. The number of nitrogens with two attached hydrogens (primary N) is 1. The maximum atomic E-state index is 15.4. The van der Waals surface area contributed by atoms with Gasteiger partial charge in [-0.25, -0.2) is 14.0 Å². The molecule has 1 saturated carbocycles. The van der Waals surface area contributed by atoms with Gasteiger partial charge in [-0.15, -0.1) is 0 Å². The van der Waals surface area contributed by atoms with E-state index in [1.54, 1.807) is 30.3 Å². The number of carboxylic acid groups (broad SMARTS) is 1. The number of likely N-dealkylation sites (tertiary alicyclic amines) is 1. The van der Waals surface area contributed by atoms with E-state index in [-0.39, 0.29) is 41.5 Å². The monoisotopic (exact) mass is 595 g/mol. The quantitative estimate of drug-likeness (QED) is 0.384. The molecule has 1 saturated heterocycles. The van der Waals surface area contributed by atoms with E-state index in [1.165, 1.54) is 23.1 Å². The molecule has 1 aliphatic carbocycles. The van der Waals surface area contributed by atoms with Gasteiger partial charge in [0.2, 0.25) is 11.8 Å². The van der Waals surface area contributed by atoms with Gasteiger partial charge in [0.15, 0.2) is 0 Å². The Morgan fingerprint density at radius 1 is 1.05 bits per heavy atom. The van der Waals surface area contributed by atoms with Gasteiger partial charge in [-0.3, -0.25) is 9.59 Å². The molecule has 1 heterocycles. The molecular formula is C33H42FN3O6. The third kappa shape index (κ3) is 7.17. The molecule has 2 aromatic carbocycles. The minimum absolute atomic E-state index is 0.0342. The zero-order chi connectivity index (χ0) is 31.5. The SMILES string of the molecule is CCC(NC(=O)OC(C)(C)C)[C@H]1CC[C@H](C(=O)N2CC(c3c(F)cccc3C(=O)O)[C@H](c3ccccc3)[C@H]2C(N)=O)CC1. The summed E-state index contributed by atoms with van der Waals surface area (Å²) in [5.74, 6) is -4.70. The van der Waals surface area contributed by atoms with Gasteiger partial charge in [-0.1, -0.05) is 43.3 Å². The highest BCUT2D eigenvalue weighted by Crippen LogP contribution is 2.47. The lowest BCUT2D eigenvalue weighted by atomic mass is 9.77. The molecule has 0 spiro atoms. The number of nitrogens with one attached hydrogen (secondary N) is 1. The van der Waals surface area contributed by atoms with Gasteiger partial charge in [-0.2, -0.15) is 0 Å². The molecule has 4 atom stereocenters. The highest BCUT2D eigenvalue weighted by Gasteiger charge is 2.51. The van der Waals surface area contributed by atoms with Crippen LogP contribution < -0.4 is 11.1 Å². The summed E-state index contributed by atoms with van der Waals surface area (Å²) in [4.78, 5) is 53.1. The highest BCUT2D eigenvalue weighted by atomic mass is 19.1. The average molecular weight is 596 g/mol. The summed E-state index contributed by atoms with van der Waals surface area (Å²) in [5, 5.41) is 12.9. The van der Waals surface area contributed by atoms with E-state index in [4.69, 9.17) is 10.5 Å². The van der Waals surface area contributed by atoms with Crippen molar-refractivity contribution in [3.63, 3.8) is 0 Å². The van der Waals surface area contributed by atoms with Crippen LogP contribution in [0, 0.1) is 17.7 Å². The van der Waals surface area contributed by atoms with E-state index in [0.29, 0.717) is 37.7 Å². The summed E-state index contributed by atoms with van der Waals surface area (Å²) in [5.41, 5.74) is 5.76. The first-order chi connectivity index (χ1) is 20.3. The molecule has 10 heteroatoms. The van der Waals surface area contributed by atoms with E-state index in [2.05, 4.69) is 5.32 Å². The Bertz CT molecular complexity index is 1340. The Morgan fingerprint density at radius 2 is 1.70 bits per heavy atom. The minimum Gasteiger partial charge on any atom is -0.478 e. The lowest BCUT2D eigenvalue weighted by molar-refractivity contribution is -0.142. The number of amides is 3. The second kappa shape index (κ2) is 13.1. The predicted octanol–water partition coefficient (Wildman–Crippen LogP) is 5.20. The number of primary amides is 1. The molecule has 4 rings (SSSR count). The second-order valence-corrected chi connectivity index (χ2v) is 12.7. The largest absolute Gasteiger partial charge is 0.478 e. The molecule has 0 radical (unpaired) electrons. The van der Waals surface area contributed by atoms with Gasteiger partial charge in [0, 0.05) is 35.9 Å². The van der Waals surface area contributed by atoms with Crippen LogP contribution in [0.4, 0.5) is 9.18 Å². The van der Waals surface area contributed by atoms with Gasteiger partial charge >= 0.3 is 12.1 Å². The Hall–Kier alpha value is -3.95. The first kappa shape index (κ1) is 32.0. The molecule has 2 unspecified atom stereocenters. The smallest absolute Gasteiger partial charge is 0.407 e. The number of hydrogen-bond acceptors (Lipinski definition) is 5. The van der Waals surface area contributed by atoms with E-state index in [1.807, 2.05) is 27.7 Å². The normalized spacial score (nSPS) is 24.7. The summed E-state index contributed by atoms with van der Waals surface area (Å²) >= 11 is 0. The number of ether oxygens (including phenoxy) is 1. The van der Waals surface area contributed by atoms with Crippen molar-refractivity contribution in [1.82, 2.24) is 10.2 Å². The lowest BCUT2D eigenvalue weighted by Crippen LogP contribution is -2.49. The first-order valence-electron chi connectivity index (χ1n) is 15.0. The Balaban J connectivity index is 1.58. The minimum atomic E-state index is -1.29. The third-order valence-electron chi connectivity index (χ3n) is 8.75. The fourth-order valence-electron chi connectivity index (χ4n) is 6.89. The molecular weight excluding hydrogens is 553 g/mol. The number of halogens is 1. The van der Waals surface area contributed by atoms with Gasteiger partial charge < -0.3 is 25.8 Å². The van der Waals surface area contributed by atoms with Crippen LogP contribution in [0.25, 0.3) is 0 Å². The summed E-state index contributed by atoms with van der Waals surface area (Å²) in [6.45, 7) is 7.39. The Kier molecular flexibility index (Phi) is 9.77. The zero-order valence-electron chi connectivity index (χ0n) is 25.2. The standard InChI is InChI=1S/C33H42FN3O6/c1-5-25(36-32(42)43-33(2,3)4)19-14-16-21(17-15-19)30(39)37-18-23(27-22(31(40)41)12-9-13-24(27)34)26(28(37)29(35)38)20-10-7-6-8-11-20/h6-13,19,21,23,25-26,28H,5,14-18H2,1-4H3,(H2,35,38)(H,36,42)(H,40,41)/t19-,21-,23?,25?,26-,28-/m0/s1. The van der Waals surface area contributed by atoms with Crippen molar-refractivity contribution in [2.45, 2.75) is 89.3 Å². The van der Waals surface area contributed by atoms with Crippen molar-refractivity contribution in [2.24, 2.45) is 17.6 Å². The topological polar surface area (TPSA) is 139 Å². The van der Waals surface area contributed by atoms with Crippen molar-refractivity contribution >= 4 is 23.9 Å². The summed E-state index contributed by atoms with van der Waals surface area (Å²) in [7, 11) is 0. The number of rotatable bonds is 8. The van der Waals surface area contributed by atoms with Crippen molar-refractivity contribution in [1.29, 1.82) is 0 Å². The van der Waals surface area contributed by atoms with Crippen LogP contribution in [0.2, 0.25) is 0 Å². The van der Waals surface area contributed by atoms with Crippen LogP contribution in [-0.4, -0.2) is 58.1 Å². The molecule has 9 nitrogen and oxygen atoms in total. The van der Waals surface area contributed by atoms with E-state index < -0.39 is 47.3 Å². The molecule has 1 aliphatic heterocycles. The highest BCUT2D eigenvalue weighted by molar-refractivity contribution is 5.92. The third-order valence-corrected chi connectivity index (χ3v) is 8.75. The van der Waals surface area contributed by atoms with E-state index >= 15 is 4.39 Å².